The third kappa shape index (κ3) is 10.6. The number of piperazine rings is 1. The number of pyridine rings is 1. The maximum Gasteiger partial charge on any atom is 0.243 e. The largest absolute Gasteiger partial charge is 0.367 e. The number of aryl methyl sites for hydroxylation is 1. The van der Waals surface area contributed by atoms with Crippen molar-refractivity contribution in [3.63, 3.8) is 0 Å². The summed E-state index contributed by atoms with van der Waals surface area (Å²) in [5, 5.41) is 5.88. The second-order valence-corrected chi connectivity index (χ2v) is 18.4. The number of H-pyrrole nitrogens is 1. The van der Waals surface area contributed by atoms with Gasteiger partial charge in [0.1, 0.15) is 17.5 Å². The van der Waals surface area contributed by atoms with E-state index in [0.717, 1.165) is 33.8 Å². The van der Waals surface area contributed by atoms with Gasteiger partial charge in [0.15, 0.2) is 5.82 Å². The van der Waals surface area contributed by atoms with E-state index in [1.165, 1.54) is 11.1 Å². The first-order valence-electron chi connectivity index (χ1n) is 21.1. The number of benzene rings is 2. The molecule has 20 heteroatoms. The number of nitrogens with zero attached hydrogens (tertiary/aromatic N) is 5. The van der Waals surface area contributed by atoms with Crippen molar-refractivity contribution in [1.82, 2.24) is 35.4 Å². The zero-order valence-corrected chi connectivity index (χ0v) is 37.0. The number of carbonyl (C=O) groups is 5. The van der Waals surface area contributed by atoms with Gasteiger partial charge in [0.25, 0.3) is 0 Å². The number of aromatic nitrogens is 3. The number of fused-ring (bicyclic) bond motifs is 1. The van der Waals surface area contributed by atoms with Crippen LogP contribution in [-0.4, -0.2) is 114 Å². The van der Waals surface area contributed by atoms with Crippen LogP contribution in [0.25, 0.3) is 21.5 Å². The van der Waals surface area contributed by atoms with Crippen LogP contribution in [0.5, 0.6) is 0 Å². The molecule has 4 N–H and O–H groups in total. The van der Waals surface area contributed by atoms with Gasteiger partial charge in [-0.2, -0.15) is 0 Å². The molecule has 64 heavy (non-hydrogen) atoms. The molecular weight excluding hydrogens is 869 g/mol. The van der Waals surface area contributed by atoms with Gasteiger partial charge in [-0.1, -0.05) is 31.2 Å². The third-order valence-electron chi connectivity index (χ3n) is 11.4. The van der Waals surface area contributed by atoms with Gasteiger partial charge >= 0.3 is 0 Å². The van der Waals surface area contributed by atoms with E-state index in [1.807, 2.05) is 41.6 Å². The fraction of sp³-hybridized carbons (Fsp3) is 0.386. The number of hydrogen-bond donors (Lipinski definition) is 4. The zero-order valence-electron chi connectivity index (χ0n) is 35.4. The Morgan fingerprint density at radius 3 is 2.42 bits per heavy atom. The molecule has 2 aromatic carbocycles. The lowest BCUT2D eigenvalue weighted by Crippen LogP contribution is -2.49. The molecule has 2 fully saturated rings. The SMILES string of the molecule is CCCS(=O)(=O)Nc1ccc(F)c(C(=O)c2c[nH]c3ncc(N4CCN(C(=O)CCCC(=O)NCC(=O)N5CCCC5C(=O)NCc5ccc(-c6scnc6C)cc5)CC4)cc23)c1F. The number of aromatic amines is 1. The normalized spacial score (nSPS) is 15.4. The number of hydrogen-bond acceptors (Lipinski definition) is 11. The van der Waals surface area contributed by atoms with Gasteiger partial charge in [0.05, 0.1) is 51.5 Å². The summed E-state index contributed by atoms with van der Waals surface area (Å²) in [5.74, 6) is -4.85. The lowest BCUT2D eigenvalue weighted by molar-refractivity contribution is -0.138. The molecule has 1 unspecified atom stereocenters. The number of halogens is 2. The Morgan fingerprint density at radius 1 is 0.938 bits per heavy atom. The average Bonchev–Trinajstić information content (AvgIpc) is 4.06. The molecule has 4 amide bonds. The maximum atomic E-state index is 15.5. The molecule has 0 aliphatic carbocycles. The first kappa shape index (κ1) is 45.7. The van der Waals surface area contributed by atoms with Gasteiger partial charge in [0, 0.05) is 69.3 Å². The summed E-state index contributed by atoms with van der Waals surface area (Å²) < 4.78 is 57.1. The van der Waals surface area contributed by atoms with E-state index in [9.17, 15) is 36.8 Å². The first-order valence-corrected chi connectivity index (χ1v) is 23.6. The van der Waals surface area contributed by atoms with Crippen LogP contribution < -0.4 is 20.3 Å². The van der Waals surface area contributed by atoms with Crippen molar-refractivity contribution in [2.45, 2.75) is 65.0 Å². The van der Waals surface area contributed by atoms with Crippen LogP contribution >= 0.6 is 11.3 Å². The molecular formula is C44H49F2N9O7S2. The van der Waals surface area contributed by atoms with E-state index in [1.54, 1.807) is 35.4 Å². The highest BCUT2D eigenvalue weighted by molar-refractivity contribution is 7.92. The summed E-state index contributed by atoms with van der Waals surface area (Å²) in [6.45, 7) is 5.68. The van der Waals surface area contributed by atoms with Gasteiger partial charge in [-0.3, -0.25) is 28.7 Å². The Hall–Kier alpha value is -6.28. The minimum Gasteiger partial charge on any atom is -0.367 e. The number of anilines is 2. The van der Waals surface area contributed by atoms with Crippen molar-refractivity contribution in [2.75, 3.05) is 54.6 Å². The molecule has 0 saturated carbocycles. The predicted molar refractivity (Wildman–Crippen MR) is 238 cm³/mol. The lowest BCUT2D eigenvalue weighted by Gasteiger charge is -2.36. The summed E-state index contributed by atoms with van der Waals surface area (Å²) >= 11 is 1.57. The first-order chi connectivity index (χ1) is 30.7. The summed E-state index contributed by atoms with van der Waals surface area (Å²) in [4.78, 5) is 83.3. The van der Waals surface area contributed by atoms with E-state index in [-0.39, 0.29) is 67.2 Å². The number of thiazole rings is 1. The van der Waals surface area contributed by atoms with E-state index in [2.05, 4.69) is 30.3 Å². The van der Waals surface area contributed by atoms with Crippen LogP contribution in [-0.2, 0) is 35.7 Å². The number of amides is 4. The van der Waals surface area contributed by atoms with Crippen LogP contribution in [0.15, 0.2) is 60.4 Å². The van der Waals surface area contributed by atoms with Crippen LogP contribution in [0.2, 0.25) is 0 Å². The summed E-state index contributed by atoms with van der Waals surface area (Å²) in [6.07, 6.45) is 4.80. The van der Waals surface area contributed by atoms with E-state index in [0.29, 0.717) is 68.8 Å². The molecule has 2 aliphatic rings. The number of likely N-dealkylation sites (tertiary alicyclic amines) is 1. The third-order valence-corrected chi connectivity index (χ3v) is 13.8. The summed E-state index contributed by atoms with van der Waals surface area (Å²) in [7, 11) is -3.92. The molecule has 338 valence electrons. The monoisotopic (exact) mass is 917 g/mol. The molecule has 1 atom stereocenters. The molecule has 2 saturated heterocycles. The average molecular weight is 918 g/mol. The van der Waals surface area contributed by atoms with Crippen LogP contribution in [0.3, 0.4) is 0 Å². The van der Waals surface area contributed by atoms with Crippen molar-refractivity contribution < 1.29 is 41.2 Å². The quantitative estimate of drug-likeness (QED) is 0.0929. The number of ketones is 1. The molecule has 2 aliphatic heterocycles. The highest BCUT2D eigenvalue weighted by Gasteiger charge is 2.34. The molecule has 0 bridgehead atoms. The number of sulfonamides is 1. The van der Waals surface area contributed by atoms with Crippen LogP contribution in [0, 0.1) is 18.6 Å². The fourth-order valence-electron chi connectivity index (χ4n) is 7.95. The molecule has 16 nitrogen and oxygen atoms in total. The summed E-state index contributed by atoms with van der Waals surface area (Å²) in [5.41, 5.74) is 4.18. The van der Waals surface area contributed by atoms with Gasteiger partial charge in [-0.05, 0) is 61.9 Å². The van der Waals surface area contributed by atoms with Crippen LogP contribution in [0.1, 0.15) is 72.6 Å². The van der Waals surface area contributed by atoms with Crippen molar-refractivity contribution >= 4 is 73.2 Å². The topological polar surface area (TPSA) is 207 Å². The Labute approximate surface area is 372 Å². The molecule has 3 aromatic heterocycles. The number of rotatable bonds is 17. The van der Waals surface area contributed by atoms with Crippen LogP contribution in [0.4, 0.5) is 20.2 Å². The fourth-order valence-corrected chi connectivity index (χ4v) is 9.89. The van der Waals surface area contributed by atoms with Crippen molar-refractivity contribution in [3.8, 4) is 10.4 Å². The van der Waals surface area contributed by atoms with E-state index in [4.69, 9.17) is 0 Å². The van der Waals surface area contributed by atoms with Crippen molar-refractivity contribution in [1.29, 1.82) is 0 Å². The minimum absolute atomic E-state index is 0.0419. The van der Waals surface area contributed by atoms with Crippen molar-refractivity contribution in [2.24, 2.45) is 0 Å². The minimum atomic E-state index is -3.92. The number of carbonyl (C=O) groups excluding carboxylic acids is 5. The second-order valence-electron chi connectivity index (χ2n) is 15.8. The molecule has 5 heterocycles. The highest BCUT2D eigenvalue weighted by atomic mass is 32.2. The predicted octanol–water partition coefficient (Wildman–Crippen LogP) is 4.90. The molecule has 7 rings (SSSR count). The standard InChI is InChI=1S/C44H49F2N9O7S2/c1-3-20-64(61,62)52-34-14-13-33(45)39(40(34)46)41(59)32-24-49-43-31(32)21-30(23-48-43)53-16-18-54(19-17-53)37(57)8-4-7-36(56)47-25-38(58)55-15-5-6-35(55)44(60)50-22-28-9-11-29(12-10-28)42-27(2)51-26-63-42/h9-14,21,23-24,26,35,52H,3-8,15-20,22,25H2,1-2H3,(H,47,56)(H,48,49)(H,50,60). The Morgan fingerprint density at radius 2 is 1.70 bits per heavy atom. The Balaban J connectivity index is 0.842. The Bertz CT molecular complexity index is 2660. The highest BCUT2D eigenvalue weighted by Crippen LogP contribution is 2.30. The maximum absolute atomic E-state index is 15.5. The van der Waals surface area contributed by atoms with E-state index >= 15 is 4.39 Å². The van der Waals surface area contributed by atoms with Gasteiger partial charge in [0.2, 0.25) is 39.4 Å². The van der Waals surface area contributed by atoms with Gasteiger partial charge in [-0.25, -0.2) is 27.2 Å². The Kier molecular flexibility index (Phi) is 14.3. The lowest BCUT2D eigenvalue weighted by atomic mass is 10.0. The van der Waals surface area contributed by atoms with Gasteiger partial charge in [-0.15, -0.1) is 11.3 Å². The smallest absolute Gasteiger partial charge is 0.243 e. The zero-order chi connectivity index (χ0) is 45.5. The second kappa shape index (κ2) is 20.0. The molecule has 0 radical (unpaired) electrons. The van der Waals surface area contributed by atoms with E-state index < -0.39 is 44.7 Å². The number of nitrogens with one attached hydrogen (secondary N) is 4. The van der Waals surface area contributed by atoms with Crippen molar-refractivity contribution in [3.05, 3.63) is 94.4 Å². The summed E-state index contributed by atoms with van der Waals surface area (Å²) in [6, 6.07) is 10.7. The molecule has 0 spiro atoms. The molecule has 5 aromatic rings. The van der Waals surface area contributed by atoms with Gasteiger partial charge < -0.3 is 30.3 Å².